The van der Waals surface area contributed by atoms with Gasteiger partial charge in [0, 0.05) is 66.8 Å². The minimum Gasteiger partial charge on any atom is -0.310 e. The summed E-state index contributed by atoms with van der Waals surface area (Å²) in [6, 6.07) is 67.7. The van der Waals surface area contributed by atoms with Crippen LogP contribution in [-0.4, -0.2) is 20.4 Å². The minimum atomic E-state index is -0.209. The van der Waals surface area contributed by atoms with Gasteiger partial charge in [0.25, 0.3) is 6.71 Å². The molecule has 61 heavy (non-hydrogen) atoms. The maximum absolute atomic E-state index is 2.67. The Labute approximate surface area is 354 Å². The molecule has 1 aliphatic carbocycles. The van der Waals surface area contributed by atoms with E-state index in [1.54, 1.807) is 0 Å². The van der Waals surface area contributed by atoms with E-state index in [0.717, 1.165) is 17.1 Å². The third-order valence-electron chi connectivity index (χ3n) is 14.2. The highest BCUT2D eigenvalue weighted by Gasteiger charge is 2.47. The van der Waals surface area contributed by atoms with Crippen LogP contribution in [0.1, 0.15) is 30.5 Å². The van der Waals surface area contributed by atoms with Gasteiger partial charge < -0.3 is 18.6 Å². The Morgan fingerprint density at radius 1 is 0.475 bits per heavy atom. The maximum atomic E-state index is 2.67. The molecule has 0 radical (unpaired) electrons. The number of aryl methyl sites for hydroxylation is 1. The topological polar surface area (TPSA) is 18.0 Å². The Morgan fingerprint density at radius 3 is 1.75 bits per heavy atom. The van der Waals surface area contributed by atoms with Crippen molar-refractivity contribution in [2.75, 3.05) is 4.90 Å². The lowest BCUT2D eigenvalue weighted by Crippen LogP contribution is -2.59. The SMILES string of the molecule is Cc1cc2c3c(c1)-n1c4c(cccc4c4c1c1ccccc1n4-c1ccccc1)B3c1cccc3c4c(n-2c13)-c1cc(N(c2ccccc2)c2ccccc2)ccc1C4(C)C. The third kappa shape index (κ3) is 4.11. The van der Waals surface area contributed by atoms with Gasteiger partial charge in [-0.15, -0.1) is 0 Å². The highest BCUT2D eigenvalue weighted by Crippen LogP contribution is 2.55. The fraction of sp³-hybridized carbons (Fsp3) is 0.0714. The van der Waals surface area contributed by atoms with E-state index in [4.69, 9.17) is 0 Å². The first-order chi connectivity index (χ1) is 30.0. The molecule has 11 aromatic rings. The van der Waals surface area contributed by atoms with Crippen LogP contribution in [0.5, 0.6) is 0 Å². The molecule has 5 heterocycles. The smallest absolute Gasteiger partial charge is 0.252 e. The first-order valence-electron chi connectivity index (χ1n) is 21.5. The highest BCUT2D eigenvalue weighted by atomic mass is 15.1. The number of aromatic nitrogens is 3. The summed E-state index contributed by atoms with van der Waals surface area (Å²) >= 11 is 0. The van der Waals surface area contributed by atoms with Gasteiger partial charge in [0.15, 0.2) is 0 Å². The molecule has 0 atom stereocenters. The van der Waals surface area contributed by atoms with Crippen LogP contribution in [0.2, 0.25) is 0 Å². The van der Waals surface area contributed by atoms with Crippen molar-refractivity contribution >= 4 is 83.9 Å². The lowest BCUT2D eigenvalue weighted by atomic mass is 9.34. The Bertz CT molecular complexity index is 3640. The monoisotopic (exact) mass is 778 g/mol. The minimum absolute atomic E-state index is 0.0871. The van der Waals surface area contributed by atoms with Crippen molar-refractivity contribution in [2.24, 2.45) is 0 Å². The summed E-state index contributed by atoms with van der Waals surface area (Å²) in [6.45, 7) is 7.24. The number of hydrogen-bond acceptors (Lipinski definition) is 1. The molecule has 0 spiro atoms. The van der Waals surface area contributed by atoms with Crippen LogP contribution in [0.15, 0.2) is 182 Å². The van der Waals surface area contributed by atoms with Crippen LogP contribution in [0.4, 0.5) is 17.1 Å². The van der Waals surface area contributed by atoms with Crippen molar-refractivity contribution in [1.82, 2.24) is 13.7 Å². The van der Waals surface area contributed by atoms with E-state index < -0.39 is 0 Å². The fourth-order valence-corrected chi connectivity index (χ4v) is 11.9. The number of nitrogens with zero attached hydrogens (tertiary/aromatic N) is 4. The summed E-state index contributed by atoms with van der Waals surface area (Å²) in [5, 5.41) is 3.91. The summed E-state index contributed by atoms with van der Waals surface area (Å²) in [7, 11) is 0. The predicted octanol–water partition coefficient (Wildman–Crippen LogP) is 11.9. The number of fused-ring (bicyclic) bond motifs is 14. The average Bonchev–Trinajstić information content (AvgIpc) is 4.00. The lowest BCUT2D eigenvalue weighted by molar-refractivity contribution is 0.666. The zero-order chi connectivity index (χ0) is 40.3. The molecule has 0 unspecified atom stereocenters. The molecule has 2 aliphatic heterocycles. The molecule has 4 nitrogen and oxygen atoms in total. The second kappa shape index (κ2) is 11.6. The number of benzene rings is 8. The van der Waals surface area contributed by atoms with Gasteiger partial charge in [-0.2, -0.15) is 0 Å². The molecule has 0 saturated carbocycles. The molecule has 0 bridgehead atoms. The van der Waals surface area contributed by atoms with E-state index in [-0.39, 0.29) is 12.1 Å². The first-order valence-corrected chi connectivity index (χ1v) is 21.5. The second-order valence-electron chi connectivity index (χ2n) is 17.8. The Hall–Kier alpha value is -7.50. The molecule has 3 aromatic heterocycles. The second-order valence-corrected chi connectivity index (χ2v) is 17.8. The lowest BCUT2D eigenvalue weighted by Gasteiger charge is -2.34. The van der Waals surface area contributed by atoms with Crippen LogP contribution in [0, 0.1) is 6.92 Å². The average molecular weight is 779 g/mol. The van der Waals surface area contributed by atoms with Crippen LogP contribution in [0.3, 0.4) is 0 Å². The highest BCUT2D eigenvalue weighted by molar-refractivity contribution is 7.00. The molecule has 0 saturated heterocycles. The summed E-state index contributed by atoms with van der Waals surface area (Å²) in [5.41, 5.74) is 24.2. The molecular formula is C56H39BN4. The van der Waals surface area contributed by atoms with Gasteiger partial charge in [0.2, 0.25) is 0 Å². The zero-order valence-electron chi connectivity index (χ0n) is 34.2. The number of hydrogen-bond donors (Lipinski definition) is 0. The molecule has 8 aromatic carbocycles. The summed E-state index contributed by atoms with van der Waals surface area (Å²) in [5.74, 6) is 0. The van der Waals surface area contributed by atoms with E-state index in [0.29, 0.717) is 0 Å². The van der Waals surface area contributed by atoms with Crippen LogP contribution in [-0.2, 0) is 5.41 Å². The third-order valence-corrected chi connectivity index (χ3v) is 14.2. The van der Waals surface area contributed by atoms with Gasteiger partial charge in [0.05, 0.1) is 27.8 Å². The quantitative estimate of drug-likeness (QED) is 0.163. The molecule has 0 N–H and O–H groups in total. The van der Waals surface area contributed by atoms with Crippen molar-refractivity contribution in [3.63, 3.8) is 0 Å². The Kier molecular flexibility index (Phi) is 6.35. The number of para-hydroxylation sites is 6. The molecule has 5 heteroatoms. The maximum Gasteiger partial charge on any atom is 0.252 e. The summed E-state index contributed by atoms with van der Waals surface area (Å²) in [6.07, 6.45) is 0. The van der Waals surface area contributed by atoms with Gasteiger partial charge >= 0.3 is 0 Å². The van der Waals surface area contributed by atoms with Crippen molar-refractivity contribution in [3.05, 3.63) is 199 Å². The van der Waals surface area contributed by atoms with Crippen molar-refractivity contribution in [3.8, 4) is 28.3 Å². The molecule has 3 aliphatic rings. The van der Waals surface area contributed by atoms with Crippen molar-refractivity contribution in [1.29, 1.82) is 0 Å². The van der Waals surface area contributed by atoms with E-state index in [2.05, 4.69) is 221 Å². The number of anilines is 3. The molecule has 286 valence electrons. The fourth-order valence-electron chi connectivity index (χ4n) is 11.9. The molecule has 0 amide bonds. The summed E-state index contributed by atoms with van der Waals surface area (Å²) < 4.78 is 7.80. The van der Waals surface area contributed by atoms with Gasteiger partial charge in [-0.25, -0.2) is 0 Å². The molecular weight excluding hydrogens is 739 g/mol. The van der Waals surface area contributed by atoms with E-state index >= 15 is 0 Å². The predicted molar refractivity (Wildman–Crippen MR) is 256 cm³/mol. The van der Waals surface area contributed by atoms with Gasteiger partial charge in [0.1, 0.15) is 0 Å². The van der Waals surface area contributed by atoms with Crippen molar-refractivity contribution < 1.29 is 0 Å². The van der Waals surface area contributed by atoms with Gasteiger partial charge in [-0.3, -0.25) is 0 Å². The molecule has 14 rings (SSSR count). The van der Waals surface area contributed by atoms with Crippen molar-refractivity contribution in [2.45, 2.75) is 26.2 Å². The Morgan fingerprint density at radius 2 is 1.05 bits per heavy atom. The van der Waals surface area contributed by atoms with Gasteiger partial charge in [-0.05, 0) is 107 Å². The van der Waals surface area contributed by atoms with Crippen LogP contribution < -0.4 is 21.3 Å². The largest absolute Gasteiger partial charge is 0.310 e. The van der Waals surface area contributed by atoms with Gasteiger partial charge in [-0.1, -0.05) is 129 Å². The number of rotatable bonds is 4. The van der Waals surface area contributed by atoms with E-state index in [1.165, 1.54) is 105 Å². The first kappa shape index (κ1) is 33.3. The normalized spacial score (nSPS) is 13.9. The van der Waals surface area contributed by atoms with Crippen LogP contribution >= 0.6 is 0 Å². The molecule has 0 fully saturated rings. The van der Waals surface area contributed by atoms with E-state index in [9.17, 15) is 0 Å². The Balaban J connectivity index is 1.10. The zero-order valence-corrected chi connectivity index (χ0v) is 34.2. The standard InChI is InChI=1S/C56H39BN4/c1-34-31-47-50-48(32-34)61-52-41(55-54(61)39-23-13-14-28-46(39)59(55)37-21-11-6-12-22-37)25-16-27-45(52)57(50)44-26-15-24-40-49-53(60(47)51(40)44)42-33-38(29-30-43(42)56(49,2)3)58(35-17-7-4-8-18-35)36-19-9-5-10-20-36/h4-33H,1-3H3. The van der Waals surface area contributed by atoms with E-state index in [1.807, 2.05) is 0 Å². The van der Waals surface area contributed by atoms with Crippen LogP contribution in [0.25, 0.3) is 72.1 Å². The summed E-state index contributed by atoms with van der Waals surface area (Å²) in [4.78, 5) is 2.39.